The van der Waals surface area contributed by atoms with Crippen LogP contribution in [0.25, 0.3) is 6.08 Å². The minimum Gasteiger partial charge on any atom is -0.493 e. The van der Waals surface area contributed by atoms with Crippen LogP contribution in [-0.4, -0.2) is 29.3 Å². The smallest absolute Gasteiger partial charge is 0.193 e. The van der Waals surface area contributed by atoms with Gasteiger partial charge in [-0.15, -0.1) is 0 Å². The number of ether oxygens (including phenoxy) is 1. The molecule has 0 N–H and O–H groups in total. The van der Waals surface area contributed by atoms with Gasteiger partial charge in [-0.05, 0) is 53.5 Å². The van der Waals surface area contributed by atoms with Crippen molar-refractivity contribution >= 4 is 22.7 Å². The molecule has 0 aliphatic carbocycles. The predicted molar refractivity (Wildman–Crippen MR) is 151 cm³/mol. The van der Waals surface area contributed by atoms with Crippen LogP contribution in [0.2, 0.25) is 36.3 Å². The van der Waals surface area contributed by atoms with Crippen molar-refractivity contribution in [3.05, 3.63) is 78.1 Å². The molecular formula is C29H46O3Si2. The Morgan fingerprint density at radius 3 is 1.74 bits per heavy atom. The molecule has 3 nitrogen and oxygen atoms in total. The average molecular weight is 499 g/mol. The summed E-state index contributed by atoms with van der Waals surface area (Å²) >= 11 is 0. The zero-order chi connectivity index (χ0) is 25.6. The zero-order valence-corrected chi connectivity index (χ0v) is 25.0. The Hall–Kier alpha value is -1.67. The molecule has 0 aromatic heterocycles. The summed E-state index contributed by atoms with van der Waals surface area (Å²) in [6, 6.07) is 20.7. The standard InChI is InChI=1S/C29H46O3Si2/c1-28(2,3)33(7,8)31-23-26(30-22-21-24-17-13-11-14-18-24)27(25-19-15-12-16-20-25)32-34(9,10)29(4,5)6/h11-22,26-27H,23H2,1-10H3/b22-21+. The predicted octanol–water partition coefficient (Wildman–Crippen LogP) is 8.83. The minimum atomic E-state index is -2.08. The summed E-state index contributed by atoms with van der Waals surface area (Å²) in [5.41, 5.74) is 2.23. The molecule has 2 unspecified atom stereocenters. The summed E-state index contributed by atoms with van der Waals surface area (Å²) < 4.78 is 20.1. The van der Waals surface area contributed by atoms with Gasteiger partial charge in [0.2, 0.25) is 0 Å². The molecule has 0 amide bonds. The topological polar surface area (TPSA) is 27.7 Å². The fourth-order valence-electron chi connectivity index (χ4n) is 2.98. The van der Waals surface area contributed by atoms with Crippen LogP contribution in [0, 0.1) is 0 Å². The normalized spacial score (nSPS) is 15.4. The van der Waals surface area contributed by atoms with E-state index in [2.05, 4.69) is 104 Å². The highest BCUT2D eigenvalue weighted by Gasteiger charge is 2.43. The van der Waals surface area contributed by atoms with E-state index in [0.29, 0.717) is 6.61 Å². The minimum absolute atomic E-state index is 0.0880. The molecule has 0 heterocycles. The van der Waals surface area contributed by atoms with E-state index in [1.54, 1.807) is 6.26 Å². The average Bonchev–Trinajstić information content (AvgIpc) is 2.74. The van der Waals surface area contributed by atoms with E-state index in [-0.39, 0.29) is 22.3 Å². The lowest BCUT2D eigenvalue weighted by Crippen LogP contribution is -2.47. The Kier molecular flexibility index (Phi) is 9.56. The summed E-state index contributed by atoms with van der Waals surface area (Å²) in [6.45, 7) is 23.3. The van der Waals surface area contributed by atoms with E-state index in [1.165, 1.54) is 0 Å². The Balaban J connectivity index is 2.41. The first-order valence-corrected chi connectivity index (χ1v) is 18.2. The highest BCUT2D eigenvalue weighted by molar-refractivity contribution is 6.74. The van der Waals surface area contributed by atoms with E-state index in [0.717, 1.165) is 11.1 Å². The maximum absolute atomic E-state index is 7.02. The third kappa shape index (κ3) is 7.94. The van der Waals surface area contributed by atoms with Crippen molar-refractivity contribution < 1.29 is 13.6 Å². The molecule has 0 spiro atoms. The van der Waals surface area contributed by atoms with Gasteiger partial charge in [-0.2, -0.15) is 0 Å². The van der Waals surface area contributed by atoms with Gasteiger partial charge in [0, 0.05) is 0 Å². The Morgan fingerprint density at radius 2 is 1.24 bits per heavy atom. The van der Waals surface area contributed by atoms with Crippen molar-refractivity contribution in [2.24, 2.45) is 0 Å². The van der Waals surface area contributed by atoms with E-state index in [9.17, 15) is 0 Å². The van der Waals surface area contributed by atoms with Crippen LogP contribution in [0.15, 0.2) is 66.9 Å². The van der Waals surface area contributed by atoms with Gasteiger partial charge >= 0.3 is 0 Å². The molecule has 2 rings (SSSR count). The number of benzene rings is 2. The van der Waals surface area contributed by atoms with Crippen LogP contribution < -0.4 is 0 Å². The fraction of sp³-hybridized carbons (Fsp3) is 0.517. The molecular weight excluding hydrogens is 452 g/mol. The van der Waals surface area contributed by atoms with Gasteiger partial charge in [-0.25, -0.2) is 0 Å². The number of rotatable bonds is 10. The molecule has 2 aromatic carbocycles. The van der Waals surface area contributed by atoms with Gasteiger partial charge in [0.25, 0.3) is 0 Å². The fourth-order valence-corrected chi connectivity index (χ4v) is 5.27. The molecule has 0 fully saturated rings. The lowest BCUT2D eigenvalue weighted by atomic mass is 10.1. The molecule has 34 heavy (non-hydrogen) atoms. The first kappa shape index (κ1) is 28.6. The molecule has 2 aromatic rings. The van der Waals surface area contributed by atoms with Crippen molar-refractivity contribution in [3.8, 4) is 0 Å². The third-order valence-corrected chi connectivity index (χ3v) is 16.4. The first-order valence-electron chi connectivity index (χ1n) is 12.4. The Labute approximate surface area is 210 Å². The van der Waals surface area contributed by atoms with Gasteiger partial charge in [-0.1, -0.05) is 102 Å². The van der Waals surface area contributed by atoms with E-state index in [1.807, 2.05) is 30.3 Å². The summed E-state index contributed by atoms with van der Waals surface area (Å²) in [4.78, 5) is 0. The van der Waals surface area contributed by atoms with Crippen LogP contribution in [0.1, 0.15) is 58.8 Å². The quantitative estimate of drug-likeness (QED) is 0.242. The van der Waals surface area contributed by atoms with Crippen molar-refractivity contribution in [1.29, 1.82) is 0 Å². The Morgan fingerprint density at radius 1 is 0.735 bits per heavy atom. The first-order chi connectivity index (χ1) is 15.6. The molecule has 0 bridgehead atoms. The van der Waals surface area contributed by atoms with E-state index in [4.69, 9.17) is 13.6 Å². The van der Waals surface area contributed by atoms with Crippen molar-refractivity contribution in [1.82, 2.24) is 0 Å². The van der Waals surface area contributed by atoms with Gasteiger partial charge in [0.05, 0.1) is 12.9 Å². The van der Waals surface area contributed by atoms with E-state index < -0.39 is 16.6 Å². The second kappa shape index (κ2) is 11.4. The van der Waals surface area contributed by atoms with Crippen LogP contribution in [0.3, 0.4) is 0 Å². The van der Waals surface area contributed by atoms with Crippen LogP contribution in [-0.2, 0) is 13.6 Å². The maximum Gasteiger partial charge on any atom is 0.193 e. The van der Waals surface area contributed by atoms with Crippen molar-refractivity contribution in [2.75, 3.05) is 6.61 Å². The number of hydrogen-bond donors (Lipinski definition) is 0. The third-order valence-electron chi connectivity index (χ3n) is 7.42. The SMILES string of the molecule is CC(C)(C)[Si](C)(C)OCC(O/C=C/c1ccccc1)C(O[Si](C)(C)C(C)(C)C)c1ccccc1. The highest BCUT2D eigenvalue weighted by Crippen LogP contribution is 2.42. The lowest BCUT2D eigenvalue weighted by Gasteiger charge is -2.42. The molecule has 0 saturated heterocycles. The van der Waals surface area contributed by atoms with Crippen molar-refractivity contribution in [3.63, 3.8) is 0 Å². The molecule has 0 aliphatic rings. The second-order valence-electron chi connectivity index (χ2n) is 12.2. The number of hydrogen-bond acceptors (Lipinski definition) is 3. The summed E-state index contributed by atoms with van der Waals surface area (Å²) in [5.74, 6) is 0. The lowest BCUT2D eigenvalue weighted by molar-refractivity contribution is -0.0140. The van der Waals surface area contributed by atoms with Crippen LogP contribution in [0.5, 0.6) is 0 Å². The summed E-state index contributed by atoms with van der Waals surface area (Å²) in [7, 11) is -4.04. The maximum atomic E-state index is 7.02. The molecule has 2 atom stereocenters. The monoisotopic (exact) mass is 498 g/mol. The van der Waals surface area contributed by atoms with Crippen LogP contribution >= 0.6 is 0 Å². The van der Waals surface area contributed by atoms with Gasteiger partial charge in [-0.3, -0.25) is 0 Å². The molecule has 5 heteroatoms. The molecule has 0 aliphatic heterocycles. The largest absolute Gasteiger partial charge is 0.493 e. The summed E-state index contributed by atoms with van der Waals surface area (Å²) in [5, 5.41) is 0.213. The van der Waals surface area contributed by atoms with Crippen LogP contribution in [0.4, 0.5) is 0 Å². The summed E-state index contributed by atoms with van der Waals surface area (Å²) in [6.07, 6.45) is 3.34. The highest BCUT2D eigenvalue weighted by atomic mass is 28.4. The van der Waals surface area contributed by atoms with Gasteiger partial charge < -0.3 is 13.6 Å². The van der Waals surface area contributed by atoms with Gasteiger partial charge in [0.15, 0.2) is 16.6 Å². The van der Waals surface area contributed by atoms with Crippen molar-refractivity contribution in [2.45, 2.75) is 90.0 Å². The molecule has 0 radical (unpaired) electrons. The Bertz CT molecular complexity index is 894. The van der Waals surface area contributed by atoms with Gasteiger partial charge in [0.1, 0.15) is 12.2 Å². The molecule has 0 saturated carbocycles. The zero-order valence-electron chi connectivity index (χ0n) is 23.0. The molecule has 188 valence electrons. The van der Waals surface area contributed by atoms with E-state index >= 15 is 0 Å². The second-order valence-corrected chi connectivity index (χ2v) is 21.7.